The molecule has 1 amide bonds. The Kier molecular flexibility index (Phi) is 2.85. The molecule has 1 saturated heterocycles. The lowest BCUT2D eigenvalue weighted by Crippen LogP contribution is -2.37. The Morgan fingerprint density at radius 3 is 2.79 bits per heavy atom. The molecule has 100 valence electrons. The summed E-state index contributed by atoms with van der Waals surface area (Å²) in [6.07, 6.45) is 5.42. The van der Waals surface area contributed by atoms with Crippen molar-refractivity contribution in [2.45, 2.75) is 25.8 Å². The molecule has 0 aromatic carbocycles. The smallest absolute Gasteiger partial charge is 0.219 e. The van der Waals surface area contributed by atoms with E-state index in [4.69, 9.17) is 5.73 Å². The van der Waals surface area contributed by atoms with Crippen LogP contribution in [0.3, 0.4) is 0 Å². The van der Waals surface area contributed by atoms with Gasteiger partial charge < -0.3 is 15.2 Å². The van der Waals surface area contributed by atoms with Crippen molar-refractivity contribution in [3.63, 3.8) is 0 Å². The third kappa shape index (κ3) is 2.03. The summed E-state index contributed by atoms with van der Waals surface area (Å²) in [5.41, 5.74) is 6.73. The minimum Gasteiger partial charge on any atom is -0.383 e. The highest BCUT2D eigenvalue weighted by molar-refractivity contribution is 5.86. The number of nitrogens with zero attached hydrogens (tertiary/aromatic N) is 4. The fraction of sp³-hybridized carbons (Fsp3) is 0.462. The summed E-state index contributed by atoms with van der Waals surface area (Å²) in [7, 11) is 0. The first-order valence-electron chi connectivity index (χ1n) is 6.49. The molecule has 0 unspecified atom stereocenters. The summed E-state index contributed by atoms with van der Waals surface area (Å²) in [5, 5.41) is 0.900. The molecule has 0 saturated carbocycles. The fourth-order valence-electron chi connectivity index (χ4n) is 2.74. The maximum atomic E-state index is 11.3. The number of hydrogen-bond donors (Lipinski definition) is 1. The summed E-state index contributed by atoms with van der Waals surface area (Å²) >= 11 is 0. The number of aromatic nitrogens is 3. The SMILES string of the molecule is CC(=O)N1CCC(n2ccc3c(N)ncnc32)CC1. The zero-order chi connectivity index (χ0) is 13.4. The lowest BCUT2D eigenvalue weighted by Gasteiger charge is -2.32. The van der Waals surface area contributed by atoms with Crippen molar-refractivity contribution in [3.8, 4) is 0 Å². The number of hydrogen-bond acceptors (Lipinski definition) is 4. The second-order valence-electron chi connectivity index (χ2n) is 4.96. The van der Waals surface area contributed by atoms with Crippen molar-refractivity contribution < 1.29 is 4.79 Å². The van der Waals surface area contributed by atoms with E-state index in [0.29, 0.717) is 11.9 Å². The summed E-state index contributed by atoms with van der Waals surface area (Å²) in [5.74, 6) is 0.673. The number of amides is 1. The number of anilines is 1. The van der Waals surface area contributed by atoms with Crippen LogP contribution in [0.5, 0.6) is 0 Å². The summed E-state index contributed by atoms with van der Waals surface area (Å²) < 4.78 is 2.16. The molecule has 0 aliphatic carbocycles. The Morgan fingerprint density at radius 1 is 1.37 bits per heavy atom. The Labute approximate surface area is 111 Å². The van der Waals surface area contributed by atoms with Crippen LogP contribution in [-0.4, -0.2) is 38.4 Å². The van der Waals surface area contributed by atoms with Gasteiger partial charge in [0.1, 0.15) is 17.8 Å². The van der Waals surface area contributed by atoms with E-state index >= 15 is 0 Å². The van der Waals surface area contributed by atoms with E-state index in [-0.39, 0.29) is 5.91 Å². The van der Waals surface area contributed by atoms with E-state index in [9.17, 15) is 4.79 Å². The van der Waals surface area contributed by atoms with Crippen molar-refractivity contribution in [3.05, 3.63) is 18.6 Å². The van der Waals surface area contributed by atoms with Gasteiger partial charge in [-0.05, 0) is 18.9 Å². The van der Waals surface area contributed by atoms with Crippen LogP contribution < -0.4 is 5.73 Å². The molecule has 3 heterocycles. The van der Waals surface area contributed by atoms with Crippen LogP contribution in [0.1, 0.15) is 25.8 Å². The summed E-state index contributed by atoms with van der Waals surface area (Å²) in [6.45, 7) is 3.24. The largest absolute Gasteiger partial charge is 0.383 e. The van der Waals surface area contributed by atoms with E-state index in [1.165, 1.54) is 6.33 Å². The predicted octanol–water partition coefficient (Wildman–Crippen LogP) is 1.20. The number of nitrogen functional groups attached to an aromatic ring is 1. The molecule has 3 rings (SSSR count). The minimum atomic E-state index is 0.155. The lowest BCUT2D eigenvalue weighted by molar-refractivity contribution is -0.130. The molecule has 2 aromatic rings. The molecule has 6 nitrogen and oxygen atoms in total. The maximum Gasteiger partial charge on any atom is 0.219 e. The lowest BCUT2D eigenvalue weighted by atomic mass is 10.0. The number of carbonyl (C=O) groups excluding carboxylic acids is 1. The van der Waals surface area contributed by atoms with Gasteiger partial charge in [-0.2, -0.15) is 0 Å². The number of likely N-dealkylation sites (tertiary alicyclic amines) is 1. The quantitative estimate of drug-likeness (QED) is 0.834. The maximum absolute atomic E-state index is 11.3. The Morgan fingerprint density at radius 2 is 2.11 bits per heavy atom. The van der Waals surface area contributed by atoms with Crippen LogP contribution >= 0.6 is 0 Å². The third-order valence-electron chi connectivity index (χ3n) is 3.84. The average molecular weight is 259 g/mol. The summed E-state index contributed by atoms with van der Waals surface area (Å²) in [4.78, 5) is 21.5. The van der Waals surface area contributed by atoms with E-state index in [2.05, 4.69) is 14.5 Å². The van der Waals surface area contributed by atoms with Crippen molar-refractivity contribution >= 4 is 22.8 Å². The van der Waals surface area contributed by atoms with E-state index in [0.717, 1.165) is 37.0 Å². The Bertz CT molecular complexity index is 613. The van der Waals surface area contributed by atoms with Gasteiger partial charge in [-0.1, -0.05) is 0 Å². The van der Waals surface area contributed by atoms with Crippen molar-refractivity contribution in [2.75, 3.05) is 18.8 Å². The number of fused-ring (bicyclic) bond motifs is 1. The van der Waals surface area contributed by atoms with Gasteiger partial charge in [0.05, 0.1) is 5.39 Å². The second kappa shape index (κ2) is 4.53. The number of piperidine rings is 1. The predicted molar refractivity (Wildman–Crippen MR) is 72.5 cm³/mol. The molecule has 0 radical (unpaired) electrons. The molecule has 2 N–H and O–H groups in total. The van der Waals surface area contributed by atoms with Gasteiger partial charge in [-0.15, -0.1) is 0 Å². The van der Waals surface area contributed by atoms with E-state index in [1.807, 2.05) is 17.2 Å². The highest BCUT2D eigenvalue weighted by Gasteiger charge is 2.23. The van der Waals surface area contributed by atoms with Crippen LogP contribution in [0.15, 0.2) is 18.6 Å². The fourth-order valence-corrected chi connectivity index (χ4v) is 2.74. The normalized spacial score (nSPS) is 17.0. The molecule has 19 heavy (non-hydrogen) atoms. The molecule has 0 spiro atoms. The Hall–Kier alpha value is -2.11. The van der Waals surface area contributed by atoms with Crippen LogP contribution in [0, 0.1) is 0 Å². The topological polar surface area (TPSA) is 77.0 Å². The number of carbonyl (C=O) groups is 1. The monoisotopic (exact) mass is 259 g/mol. The standard InChI is InChI=1S/C13H17N5O/c1-9(19)17-5-2-10(3-6-17)18-7-4-11-12(14)15-8-16-13(11)18/h4,7-8,10H,2-3,5-6H2,1H3,(H2,14,15,16). The summed E-state index contributed by atoms with van der Waals surface area (Å²) in [6, 6.07) is 2.34. The van der Waals surface area contributed by atoms with E-state index in [1.54, 1.807) is 6.92 Å². The highest BCUT2D eigenvalue weighted by atomic mass is 16.2. The van der Waals surface area contributed by atoms with Crippen molar-refractivity contribution in [1.29, 1.82) is 0 Å². The second-order valence-corrected chi connectivity index (χ2v) is 4.96. The van der Waals surface area contributed by atoms with Crippen LogP contribution in [-0.2, 0) is 4.79 Å². The van der Waals surface area contributed by atoms with Crippen LogP contribution in [0.2, 0.25) is 0 Å². The molecule has 1 aliphatic rings. The third-order valence-corrected chi connectivity index (χ3v) is 3.84. The van der Waals surface area contributed by atoms with Gasteiger partial charge in [-0.25, -0.2) is 9.97 Å². The van der Waals surface area contributed by atoms with E-state index < -0.39 is 0 Å². The zero-order valence-corrected chi connectivity index (χ0v) is 10.9. The molecule has 1 fully saturated rings. The van der Waals surface area contributed by atoms with Gasteiger partial charge >= 0.3 is 0 Å². The van der Waals surface area contributed by atoms with Crippen molar-refractivity contribution in [2.24, 2.45) is 0 Å². The first kappa shape index (κ1) is 12.0. The molecule has 0 atom stereocenters. The van der Waals surface area contributed by atoms with Gasteiger partial charge in [0, 0.05) is 32.3 Å². The van der Waals surface area contributed by atoms with Gasteiger partial charge in [0.15, 0.2) is 0 Å². The van der Waals surface area contributed by atoms with Crippen molar-refractivity contribution in [1.82, 2.24) is 19.4 Å². The van der Waals surface area contributed by atoms with Crippen LogP contribution in [0.4, 0.5) is 5.82 Å². The molecule has 1 aliphatic heterocycles. The number of rotatable bonds is 1. The average Bonchev–Trinajstić information content (AvgIpc) is 2.84. The van der Waals surface area contributed by atoms with Crippen LogP contribution in [0.25, 0.3) is 11.0 Å². The molecular weight excluding hydrogens is 242 g/mol. The zero-order valence-electron chi connectivity index (χ0n) is 10.9. The van der Waals surface area contributed by atoms with Gasteiger partial charge in [-0.3, -0.25) is 4.79 Å². The van der Waals surface area contributed by atoms with Gasteiger partial charge in [0.2, 0.25) is 5.91 Å². The first-order chi connectivity index (χ1) is 9.16. The number of nitrogens with two attached hydrogens (primary N) is 1. The first-order valence-corrected chi connectivity index (χ1v) is 6.49. The molecule has 0 bridgehead atoms. The molecular formula is C13H17N5O. The molecule has 6 heteroatoms. The minimum absolute atomic E-state index is 0.155. The molecule has 2 aromatic heterocycles. The Balaban J connectivity index is 1.86. The highest BCUT2D eigenvalue weighted by Crippen LogP contribution is 2.28. The van der Waals surface area contributed by atoms with Gasteiger partial charge in [0.25, 0.3) is 0 Å².